The Labute approximate surface area is 162 Å². The van der Waals surface area contributed by atoms with E-state index >= 15 is 0 Å². The van der Waals surface area contributed by atoms with Crippen LogP contribution in [0, 0.1) is 6.92 Å². The summed E-state index contributed by atoms with van der Waals surface area (Å²) in [6, 6.07) is 20.0. The van der Waals surface area contributed by atoms with Crippen LogP contribution in [0.2, 0.25) is 0 Å². The Morgan fingerprint density at radius 3 is 2.74 bits per heavy atom. The lowest BCUT2D eigenvalue weighted by molar-refractivity contribution is 0.103. The van der Waals surface area contributed by atoms with Gasteiger partial charge in [-0.05, 0) is 47.7 Å². The van der Waals surface area contributed by atoms with E-state index in [1.54, 1.807) is 6.20 Å². The lowest BCUT2D eigenvalue weighted by Gasteiger charge is -2.09. The van der Waals surface area contributed by atoms with Gasteiger partial charge in [-0.25, -0.2) is 0 Å². The van der Waals surface area contributed by atoms with Gasteiger partial charge in [0.1, 0.15) is 0 Å². The first kappa shape index (κ1) is 17.2. The number of hydrogen-bond donors (Lipinski definition) is 1. The van der Waals surface area contributed by atoms with Crippen LogP contribution in [0.1, 0.15) is 20.8 Å². The highest BCUT2D eigenvalue weighted by molar-refractivity contribution is 7.12. The van der Waals surface area contributed by atoms with E-state index in [1.165, 1.54) is 16.9 Å². The Bertz CT molecular complexity index is 1050. The summed E-state index contributed by atoms with van der Waals surface area (Å²) in [5.41, 5.74) is 5.09. The zero-order valence-corrected chi connectivity index (χ0v) is 15.7. The highest BCUT2D eigenvalue weighted by atomic mass is 32.1. The van der Waals surface area contributed by atoms with Gasteiger partial charge in [-0.15, -0.1) is 11.3 Å². The van der Waals surface area contributed by atoms with Crippen molar-refractivity contribution in [3.63, 3.8) is 0 Å². The molecule has 0 aliphatic rings. The molecule has 0 radical (unpaired) electrons. The fourth-order valence-electron chi connectivity index (χ4n) is 2.96. The molecular formula is C22H19N3OS. The minimum absolute atomic E-state index is 0.0863. The lowest BCUT2D eigenvalue weighted by Crippen LogP contribution is -2.11. The zero-order valence-electron chi connectivity index (χ0n) is 14.9. The van der Waals surface area contributed by atoms with Crippen molar-refractivity contribution in [3.05, 3.63) is 94.4 Å². The van der Waals surface area contributed by atoms with E-state index in [0.29, 0.717) is 6.54 Å². The number of carbonyl (C=O) groups excluding carboxylic acids is 1. The van der Waals surface area contributed by atoms with Gasteiger partial charge in [0.15, 0.2) is 0 Å². The summed E-state index contributed by atoms with van der Waals surface area (Å²) in [6.45, 7) is 2.73. The van der Waals surface area contributed by atoms with Gasteiger partial charge < -0.3 is 5.32 Å². The van der Waals surface area contributed by atoms with Crippen molar-refractivity contribution in [2.24, 2.45) is 0 Å². The van der Waals surface area contributed by atoms with Gasteiger partial charge in [0.25, 0.3) is 5.91 Å². The maximum Gasteiger partial charge on any atom is 0.266 e. The van der Waals surface area contributed by atoms with E-state index in [2.05, 4.69) is 41.6 Å². The highest BCUT2D eigenvalue weighted by Gasteiger charge is 2.15. The highest BCUT2D eigenvalue weighted by Crippen LogP contribution is 2.29. The third-order valence-electron chi connectivity index (χ3n) is 4.32. The fourth-order valence-corrected chi connectivity index (χ4v) is 3.77. The Morgan fingerprint density at radius 2 is 1.96 bits per heavy atom. The molecule has 0 aliphatic heterocycles. The number of aromatic nitrogens is 2. The summed E-state index contributed by atoms with van der Waals surface area (Å²) in [6.07, 6.45) is 3.68. The van der Waals surface area contributed by atoms with Gasteiger partial charge in [0.05, 0.1) is 11.4 Å². The molecule has 2 aromatic carbocycles. The molecule has 1 amide bonds. The van der Waals surface area contributed by atoms with Crippen LogP contribution in [0.5, 0.6) is 0 Å². The van der Waals surface area contributed by atoms with E-state index in [4.69, 9.17) is 0 Å². The van der Waals surface area contributed by atoms with E-state index < -0.39 is 0 Å². The van der Waals surface area contributed by atoms with E-state index in [1.807, 2.05) is 52.7 Å². The van der Waals surface area contributed by atoms with Crippen LogP contribution < -0.4 is 5.32 Å². The molecule has 134 valence electrons. The Morgan fingerprint density at radius 1 is 1.11 bits per heavy atom. The predicted molar refractivity (Wildman–Crippen MR) is 110 cm³/mol. The molecule has 27 heavy (non-hydrogen) atoms. The first-order valence-corrected chi connectivity index (χ1v) is 9.59. The van der Waals surface area contributed by atoms with Crippen LogP contribution in [0.4, 0.5) is 5.69 Å². The van der Waals surface area contributed by atoms with Crippen molar-refractivity contribution in [3.8, 4) is 11.1 Å². The van der Waals surface area contributed by atoms with Crippen molar-refractivity contribution in [2.45, 2.75) is 13.5 Å². The third kappa shape index (κ3) is 3.99. The second-order valence-electron chi connectivity index (χ2n) is 6.39. The molecule has 0 unspecified atom stereocenters. The molecule has 5 heteroatoms. The zero-order chi connectivity index (χ0) is 18.6. The van der Waals surface area contributed by atoms with E-state index in [-0.39, 0.29) is 5.91 Å². The molecule has 0 aliphatic carbocycles. The lowest BCUT2D eigenvalue weighted by atomic mass is 10.0. The molecule has 4 nitrogen and oxygen atoms in total. The molecule has 1 N–H and O–H groups in total. The molecule has 0 saturated carbocycles. The molecule has 0 spiro atoms. The van der Waals surface area contributed by atoms with Crippen LogP contribution in [0.3, 0.4) is 0 Å². The van der Waals surface area contributed by atoms with Gasteiger partial charge >= 0.3 is 0 Å². The predicted octanol–water partition coefficient (Wildman–Crippen LogP) is 5.22. The Hall–Kier alpha value is -3.18. The average molecular weight is 373 g/mol. The summed E-state index contributed by atoms with van der Waals surface area (Å²) in [7, 11) is 0. The summed E-state index contributed by atoms with van der Waals surface area (Å²) in [5.74, 6) is -0.0863. The maximum atomic E-state index is 12.8. The van der Waals surface area contributed by atoms with Crippen molar-refractivity contribution in [1.82, 2.24) is 9.78 Å². The number of aryl methyl sites for hydroxylation is 1. The molecule has 0 atom stereocenters. The largest absolute Gasteiger partial charge is 0.321 e. The summed E-state index contributed by atoms with van der Waals surface area (Å²) >= 11 is 1.46. The number of hydrogen-bond acceptors (Lipinski definition) is 3. The molecule has 4 aromatic rings. The first-order chi connectivity index (χ1) is 13.2. The summed E-state index contributed by atoms with van der Waals surface area (Å²) < 4.78 is 1.86. The van der Waals surface area contributed by atoms with Gasteiger partial charge in [-0.1, -0.05) is 42.0 Å². The maximum absolute atomic E-state index is 12.8. The van der Waals surface area contributed by atoms with Crippen LogP contribution in [0.25, 0.3) is 11.1 Å². The number of amides is 1. The second-order valence-corrected chi connectivity index (χ2v) is 7.30. The first-order valence-electron chi connectivity index (χ1n) is 8.71. The van der Waals surface area contributed by atoms with Crippen molar-refractivity contribution >= 4 is 22.9 Å². The Kier molecular flexibility index (Phi) is 4.85. The minimum Gasteiger partial charge on any atom is -0.321 e. The van der Waals surface area contributed by atoms with Crippen LogP contribution in [-0.2, 0) is 6.54 Å². The van der Waals surface area contributed by atoms with E-state index in [9.17, 15) is 4.79 Å². The SMILES string of the molecule is Cc1ccc(-c2ccsc2C(=O)Nc2cccc(Cn3cccn3)c2)cc1. The van der Waals surface area contributed by atoms with Crippen LogP contribution in [0.15, 0.2) is 78.4 Å². The third-order valence-corrected chi connectivity index (χ3v) is 5.24. The summed E-state index contributed by atoms with van der Waals surface area (Å²) in [5, 5.41) is 9.21. The molecule has 2 aromatic heterocycles. The summed E-state index contributed by atoms with van der Waals surface area (Å²) in [4.78, 5) is 13.6. The van der Waals surface area contributed by atoms with E-state index in [0.717, 1.165) is 27.3 Å². The second kappa shape index (κ2) is 7.60. The van der Waals surface area contributed by atoms with Crippen molar-refractivity contribution in [2.75, 3.05) is 5.32 Å². The molecule has 0 fully saturated rings. The van der Waals surface area contributed by atoms with Crippen LogP contribution in [-0.4, -0.2) is 15.7 Å². The molecule has 2 heterocycles. The van der Waals surface area contributed by atoms with Crippen molar-refractivity contribution in [1.29, 1.82) is 0 Å². The number of nitrogens with zero attached hydrogens (tertiary/aromatic N) is 2. The van der Waals surface area contributed by atoms with Gasteiger partial charge in [-0.2, -0.15) is 5.10 Å². The molecule has 0 bridgehead atoms. The smallest absolute Gasteiger partial charge is 0.266 e. The standard InChI is InChI=1S/C22H19N3OS/c1-16-6-8-18(9-7-16)20-10-13-27-21(20)22(26)24-19-5-2-4-17(14-19)15-25-12-3-11-23-25/h2-14H,15H2,1H3,(H,24,26). The monoisotopic (exact) mass is 373 g/mol. The number of nitrogens with one attached hydrogen (secondary N) is 1. The topological polar surface area (TPSA) is 46.9 Å². The number of thiophene rings is 1. The number of benzene rings is 2. The molecular weight excluding hydrogens is 354 g/mol. The number of carbonyl (C=O) groups is 1. The van der Waals surface area contributed by atoms with Gasteiger partial charge in [0.2, 0.25) is 0 Å². The van der Waals surface area contributed by atoms with Crippen LogP contribution >= 0.6 is 11.3 Å². The van der Waals surface area contributed by atoms with Crippen molar-refractivity contribution < 1.29 is 4.79 Å². The number of anilines is 1. The van der Waals surface area contributed by atoms with Gasteiger partial charge in [-0.3, -0.25) is 9.48 Å². The van der Waals surface area contributed by atoms with Gasteiger partial charge in [0, 0.05) is 23.6 Å². The average Bonchev–Trinajstić information content (AvgIpc) is 3.34. The quantitative estimate of drug-likeness (QED) is 0.521. The fraction of sp³-hybridized carbons (Fsp3) is 0.0909. The Balaban J connectivity index is 1.53. The molecule has 0 saturated heterocycles. The molecule has 4 rings (SSSR count). The number of rotatable bonds is 5. The minimum atomic E-state index is -0.0863. The normalized spacial score (nSPS) is 10.7.